The van der Waals surface area contributed by atoms with E-state index in [2.05, 4.69) is 10.3 Å². The van der Waals surface area contributed by atoms with E-state index >= 15 is 0 Å². The van der Waals surface area contributed by atoms with Crippen molar-refractivity contribution in [1.82, 2.24) is 5.32 Å². The van der Waals surface area contributed by atoms with Gasteiger partial charge in [0.25, 0.3) is 0 Å². The molecule has 3 nitrogen and oxygen atoms in total. The van der Waals surface area contributed by atoms with E-state index in [9.17, 15) is 13.2 Å². The fourth-order valence-corrected chi connectivity index (χ4v) is 2.00. The summed E-state index contributed by atoms with van der Waals surface area (Å²) in [5.74, 6) is -1.43. The molecule has 8 heteroatoms. The molecule has 0 aliphatic carbocycles. The van der Waals surface area contributed by atoms with Crippen LogP contribution >= 0.6 is 23.4 Å². The third-order valence-corrected chi connectivity index (χ3v) is 3.11. The lowest BCUT2D eigenvalue weighted by Gasteiger charge is -2.03. The van der Waals surface area contributed by atoms with E-state index in [1.165, 1.54) is 0 Å². The van der Waals surface area contributed by atoms with Crippen LogP contribution in [-0.2, 0) is 0 Å². The van der Waals surface area contributed by atoms with Crippen LogP contribution in [0.2, 0.25) is 5.02 Å². The molecule has 0 fully saturated rings. The number of aliphatic imine (C=N–C) groups is 1. The first-order valence-corrected chi connectivity index (χ1v) is 6.71. The van der Waals surface area contributed by atoms with Gasteiger partial charge in [0.05, 0.1) is 5.69 Å². The van der Waals surface area contributed by atoms with Gasteiger partial charge < -0.3 is 0 Å². The van der Waals surface area contributed by atoms with Gasteiger partial charge in [-0.1, -0.05) is 23.4 Å². The number of amidine groups is 1. The van der Waals surface area contributed by atoms with Gasteiger partial charge in [-0.05, 0) is 24.3 Å². The number of hydrogen-bond acceptors (Lipinski definition) is 3. The number of benzene rings is 1. The van der Waals surface area contributed by atoms with Gasteiger partial charge in [-0.2, -0.15) is 14.0 Å². The lowest BCUT2D eigenvalue weighted by atomic mass is 10.3. The van der Waals surface area contributed by atoms with Crippen LogP contribution in [0, 0.1) is 11.5 Å². The van der Waals surface area contributed by atoms with Gasteiger partial charge >= 0.3 is 6.08 Å². The number of hydrogen-bond donors (Lipinski definition) is 1. The minimum absolute atomic E-state index is 0.0320. The van der Waals surface area contributed by atoms with Crippen molar-refractivity contribution >= 4 is 34.2 Å². The maximum Gasteiger partial charge on any atom is 0.301 e. The average molecular weight is 320 g/mol. The van der Waals surface area contributed by atoms with Crippen LogP contribution in [0.15, 0.2) is 41.2 Å². The van der Waals surface area contributed by atoms with Crippen LogP contribution in [0.25, 0.3) is 0 Å². The molecule has 0 bridgehead atoms. The van der Waals surface area contributed by atoms with Crippen molar-refractivity contribution < 1.29 is 13.2 Å². The molecule has 1 rings (SSSR count). The molecule has 1 N–H and O–H groups in total. The van der Waals surface area contributed by atoms with Crippen LogP contribution in [0.5, 0.6) is 0 Å². The number of nitrogens with one attached hydrogen (secondary N) is 1. The Morgan fingerprint density at radius 1 is 1.30 bits per heavy atom. The Morgan fingerprint density at radius 2 is 1.95 bits per heavy atom. The Balaban J connectivity index is 2.67. The van der Waals surface area contributed by atoms with Crippen molar-refractivity contribution in [2.45, 2.75) is 6.42 Å². The van der Waals surface area contributed by atoms with E-state index in [1.54, 1.807) is 30.5 Å². The standard InChI is InChI=1S/C12H9ClF3N3S/c13-8-1-3-9(4-2-8)19-12(18-7-17)20-6-5-10(14)11(15)16/h1-4H,5-6H2,(H,18,19). The molecule has 1 aromatic rings. The summed E-state index contributed by atoms with van der Waals surface area (Å²) in [7, 11) is 0. The van der Waals surface area contributed by atoms with Gasteiger partial charge in [0.2, 0.25) is 0 Å². The maximum absolute atomic E-state index is 12.6. The van der Waals surface area contributed by atoms with Crippen molar-refractivity contribution in [3.8, 4) is 6.19 Å². The maximum atomic E-state index is 12.6. The topological polar surface area (TPSA) is 48.2 Å². The van der Waals surface area contributed by atoms with Gasteiger partial charge in [0, 0.05) is 17.2 Å². The normalized spacial score (nSPS) is 10.8. The highest BCUT2D eigenvalue weighted by Crippen LogP contribution is 2.20. The molecule has 0 spiro atoms. The molecule has 106 valence electrons. The molecule has 0 radical (unpaired) electrons. The highest BCUT2D eigenvalue weighted by Gasteiger charge is 2.07. The molecular weight excluding hydrogens is 311 g/mol. The first kappa shape index (κ1) is 16.4. The second kappa shape index (κ2) is 8.51. The molecule has 0 aliphatic heterocycles. The summed E-state index contributed by atoms with van der Waals surface area (Å²) < 4.78 is 36.3. The Hall–Kier alpha value is -1.65. The third kappa shape index (κ3) is 5.99. The van der Waals surface area contributed by atoms with Gasteiger partial charge in [0.15, 0.2) is 17.2 Å². The van der Waals surface area contributed by atoms with Crippen LogP contribution in [-0.4, -0.2) is 10.9 Å². The minimum Gasteiger partial charge on any atom is -0.271 e. The third-order valence-electron chi connectivity index (χ3n) is 1.99. The summed E-state index contributed by atoms with van der Waals surface area (Å²) in [6, 6.07) is 6.50. The molecular formula is C12H9ClF3N3S. The summed E-state index contributed by atoms with van der Waals surface area (Å²) >= 11 is 6.68. The van der Waals surface area contributed by atoms with Gasteiger partial charge in [-0.3, -0.25) is 5.32 Å². The van der Waals surface area contributed by atoms with E-state index in [1.807, 2.05) is 0 Å². The van der Waals surface area contributed by atoms with E-state index in [-0.39, 0.29) is 10.9 Å². The minimum atomic E-state index is -2.32. The molecule has 1 aromatic carbocycles. The number of allylic oxidation sites excluding steroid dienone is 1. The zero-order valence-electron chi connectivity index (χ0n) is 10.0. The van der Waals surface area contributed by atoms with E-state index in [0.717, 1.165) is 11.8 Å². The highest BCUT2D eigenvalue weighted by molar-refractivity contribution is 8.13. The van der Waals surface area contributed by atoms with Crippen LogP contribution < -0.4 is 5.32 Å². The number of nitrogens with zero attached hydrogens (tertiary/aromatic N) is 2. The molecule has 0 saturated heterocycles. The van der Waals surface area contributed by atoms with Crippen LogP contribution in [0.4, 0.5) is 18.9 Å². The first-order valence-electron chi connectivity index (χ1n) is 5.34. The monoisotopic (exact) mass is 319 g/mol. The van der Waals surface area contributed by atoms with Crippen molar-refractivity contribution in [3.05, 3.63) is 41.2 Å². The van der Waals surface area contributed by atoms with Crippen molar-refractivity contribution in [1.29, 1.82) is 5.26 Å². The molecule has 0 heterocycles. The van der Waals surface area contributed by atoms with E-state index in [4.69, 9.17) is 16.9 Å². The lowest BCUT2D eigenvalue weighted by molar-refractivity contribution is 0.373. The van der Waals surface area contributed by atoms with Crippen molar-refractivity contribution in [3.63, 3.8) is 0 Å². The van der Waals surface area contributed by atoms with E-state index in [0.29, 0.717) is 10.7 Å². The molecule has 0 saturated carbocycles. The summed E-state index contributed by atoms with van der Waals surface area (Å²) in [5.41, 5.74) is 0.535. The predicted octanol–water partition coefficient (Wildman–Crippen LogP) is 4.60. The largest absolute Gasteiger partial charge is 0.301 e. The molecule has 0 atom stereocenters. The molecule has 0 unspecified atom stereocenters. The average Bonchev–Trinajstić information content (AvgIpc) is 2.41. The fraction of sp³-hybridized carbons (Fsp3) is 0.167. The van der Waals surface area contributed by atoms with Crippen molar-refractivity contribution in [2.75, 3.05) is 5.75 Å². The zero-order valence-corrected chi connectivity index (χ0v) is 11.6. The first-order chi connectivity index (χ1) is 9.52. The Labute approximate surface area is 123 Å². The second-order valence-corrected chi connectivity index (χ2v) is 4.91. The second-order valence-electron chi connectivity index (χ2n) is 3.39. The summed E-state index contributed by atoms with van der Waals surface area (Å²) in [5, 5.41) is 11.6. The summed E-state index contributed by atoms with van der Waals surface area (Å²) in [6.07, 6.45) is -1.08. The molecule has 0 amide bonds. The van der Waals surface area contributed by atoms with Crippen LogP contribution in [0.3, 0.4) is 0 Å². The lowest BCUT2D eigenvalue weighted by Crippen LogP contribution is -2.13. The van der Waals surface area contributed by atoms with Crippen molar-refractivity contribution in [2.24, 2.45) is 4.99 Å². The Morgan fingerprint density at radius 3 is 2.50 bits per heavy atom. The number of halogens is 4. The molecule has 0 aromatic heterocycles. The van der Waals surface area contributed by atoms with Crippen LogP contribution in [0.1, 0.15) is 6.42 Å². The SMILES string of the molecule is N#CNC(=Nc1ccc(Cl)cc1)SCCC(F)=C(F)F. The highest BCUT2D eigenvalue weighted by atomic mass is 35.5. The fourth-order valence-electron chi connectivity index (χ4n) is 1.11. The quantitative estimate of drug-likeness (QED) is 0.382. The summed E-state index contributed by atoms with van der Waals surface area (Å²) in [6.45, 7) is 0. The Kier molecular flexibility index (Phi) is 6.98. The predicted molar refractivity (Wildman–Crippen MR) is 74.7 cm³/mol. The Bertz CT molecular complexity index is 548. The zero-order chi connectivity index (χ0) is 15.0. The van der Waals surface area contributed by atoms with Gasteiger partial charge in [-0.15, -0.1) is 0 Å². The number of rotatable bonds is 4. The number of thioether (sulfide) groups is 1. The smallest absolute Gasteiger partial charge is 0.271 e. The summed E-state index contributed by atoms with van der Waals surface area (Å²) in [4.78, 5) is 4.09. The van der Waals surface area contributed by atoms with Gasteiger partial charge in [0.1, 0.15) is 0 Å². The van der Waals surface area contributed by atoms with E-state index < -0.39 is 18.3 Å². The molecule has 20 heavy (non-hydrogen) atoms. The molecule has 0 aliphatic rings. The number of nitriles is 1. The van der Waals surface area contributed by atoms with Gasteiger partial charge in [-0.25, -0.2) is 9.38 Å².